The monoisotopic (exact) mass is 384 g/mol. The fraction of sp³-hybridized carbons (Fsp3) is 0.571. The molecule has 0 bridgehead atoms. The van der Waals surface area contributed by atoms with Gasteiger partial charge < -0.3 is 20.0 Å². The topological polar surface area (TPSA) is 73.0 Å². The van der Waals surface area contributed by atoms with Crippen LogP contribution in [0.15, 0.2) is 24.3 Å². The van der Waals surface area contributed by atoms with Crippen molar-refractivity contribution in [1.82, 2.24) is 15.1 Å². The zero-order valence-corrected chi connectivity index (χ0v) is 16.2. The van der Waals surface area contributed by atoms with E-state index in [0.29, 0.717) is 39.0 Å². The van der Waals surface area contributed by atoms with Crippen molar-refractivity contribution in [1.29, 1.82) is 0 Å². The van der Waals surface area contributed by atoms with Crippen LogP contribution in [0.3, 0.4) is 0 Å². The van der Waals surface area contributed by atoms with Crippen molar-refractivity contribution in [2.45, 2.75) is 38.1 Å². The maximum atomic E-state index is 12.8. The number of anilines is 1. The van der Waals surface area contributed by atoms with E-state index in [-0.39, 0.29) is 23.8 Å². The molecule has 3 aliphatic heterocycles. The van der Waals surface area contributed by atoms with Gasteiger partial charge in [0.15, 0.2) is 0 Å². The molecule has 2 fully saturated rings. The lowest BCUT2D eigenvalue weighted by Crippen LogP contribution is -2.57. The number of fused-ring (bicyclic) bond motifs is 1. The molecule has 2 saturated heterocycles. The van der Waals surface area contributed by atoms with Gasteiger partial charge in [-0.05, 0) is 30.9 Å². The van der Waals surface area contributed by atoms with Crippen LogP contribution >= 0.6 is 0 Å². The van der Waals surface area contributed by atoms with E-state index in [2.05, 4.69) is 11.4 Å². The van der Waals surface area contributed by atoms with Gasteiger partial charge in [0.1, 0.15) is 0 Å². The molecule has 1 atom stereocenters. The van der Waals surface area contributed by atoms with E-state index in [1.54, 1.807) is 4.90 Å². The van der Waals surface area contributed by atoms with Crippen LogP contribution in [0, 0.1) is 0 Å². The molecule has 1 unspecified atom stereocenters. The van der Waals surface area contributed by atoms with Crippen LogP contribution in [0.5, 0.6) is 0 Å². The minimum atomic E-state index is 0.0724. The van der Waals surface area contributed by atoms with E-state index >= 15 is 0 Å². The lowest BCUT2D eigenvalue weighted by atomic mass is 10.0. The predicted octanol–water partition coefficient (Wildman–Crippen LogP) is 0.779. The second kappa shape index (κ2) is 8.31. The summed E-state index contributed by atoms with van der Waals surface area (Å²) in [5.41, 5.74) is 2.11. The number of hydrogen-bond acceptors (Lipinski definition) is 4. The molecule has 4 rings (SSSR count). The number of aryl methyl sites for hydroxylation is 1. The fourth-order valence-electron chi connectivity index (χ4n) is 4.55. The maximum Gasteiger partial charge on any atom is 0.236 e. The highest BCUT2D eigenvalue weighted by Gasteiger charge is 2.32. The van der Waals surface area contributed by atoms with Crippen molar-refractivity contribution in [3.63, 3.8) is 0 Å². The van der Waals surface area contributed by atoms with E-state index in [0.717, 1.165) is 38.0 Å². The number of likely N-dealkylation sites (tertiary alicyclic amines) is 1. The molecule has 0 aromatic heterocycles. The first kappa shape index (κ1) is 18.9. The zero-order chi connectivity index (χ0) is 19.5. The highest BCUT2D eigenvalue weighted by atomic mass is 16.2. The fourth-order valence-corrected chi connectivity index (χ4v) is 4.55. The smallest absolute Gasteiger partial charge is 0.236 e. The van der Waals surface area contributed by atoms with Crippen LogP contribution in [-0.2, 0) is 20.8 Å². The normalized spacial score (nSPS) is 23.0. The standard InChI is InChI=1S/C21H28N4O3/c26-19(9-12-25-18-6-2-1-4-16(18)7-8-20(25)27)23-11-3-5-17(15-23)24-13-10-22-14-21(24)28/h1-2,4,6,17,22H,3,5,7-15H2. The Labute approximate surface area is 165 Å². The van der Waals surface area contributed by atoms with Gasteiger partial charge in [-0.1, -0.05) is 18.2 Å². The Balaban J connectivity index is 1.36. The summed E-state index contributed by atoms with van der Waals surface area (Å²) in [6.07, 6.45) is 3.46. The largest absolute Gasteiger partial charge is 0.341 e. The Morgan fingerprint density at radius 3 is 2.82 bits per heavy atom. The Hall–Kier alpha value is -2.41. The van der Waals surface area contributed by atoms with E-state index < -0.39 is 0 Å². The Bertz CT molecular complexity index is 766. The van der Waals surface area contributed by atoms with Crippen LogP contribution in [0.2, 0.25) is 0 Å². The van der Waals surface area contributed by atoms with Crippen molar-refractivity contribution >= 4 is 23.4 Å². The summed E-state index contributed by atoms with van der Waals surface area (Å²) in [5, 5.41) is 3.10. The number of piperidine rings is 1. The molecular weight excluding hydrogens is 356 g/mol. The molecule has 0 aliphatic carbocycles. The number of benzene rings is 1. The van der Waals surface area contributed by atoms with Gasteiger partial charge in [0.05, 0.1) is 6.54 Å². The van der Waals surface area contributed by atoms with Gasteiger partial charge in [-0.2, -0.15) is 0 Å². The van der Waals surface area contributed by atoms with Crippen molar-refractivity contribution in [3.05, 3.63) is 29.8 Å². The van der Waals surface area contributed by atoms with Gasteiger partial charge in [0, 0.05) is 57.3 Å². The number of para-hydroxylation sites is 1. The number of carbonyl (C=O) groups excluding carboxylic acids is 3. The lowest BCUT2D eigenvalue weighted by Gasteiger charge is -2.41. The third kappa shape index (κ3) is 3.90. The third-order valence-electron chi connectivity index (χ3n) is 6.06. The molecule has 1 aromatic carbocycles. The SMILES string of the molecule is O=C(CCN1C(=O)CCc2ccccc21)N1CCCC(N2CCNCC2=O)C1. The summed E-state index contributed by atoms with van der Waals surface area (Å²) in [7, 11) is 0. The number of piperazine rings is 1. The molecule has 1 aromatic rings. The van der Waals surface area contributed by atoms with E-state index in [1.807, 2.05) is 28.0 Å². The highest BCUT2D eigenvalue weighted by Crippen LogP contribution is 2.27. The Morgan fingerprint density at radius 2 is 1.96 bits per heavy atom. The average molecular weight is 384 g/mol. The number of hydrogen-bond donors (Lipinski definition) is 1. The molecule has 3 aliphatic rings. The number of nitrogens with one attached hydrogen (secondary N) is 1. The number of carbonyl (C=O) groups is 3. The van der Waals surface area contributed by atoms with Crippen molar-refractivity contribution in [3.8, 4) is 0 Å². The van der Waals surface area contributed by atoms with Gasteiger partial charge in [-0.15, -0.1) is 0 Å². The number of nitrogens with zero attached hydrogens (tertiary/aromatic N) is 3. The van der Waals surface area contributed by atoms with Crippen molar-refractivity contribution < 1.29 is 14.4 Å². The third-order valence-corrected chi connectivity index (χ3v) is 6.06. The Kier molecular flexibility index (Phi) is 5.62. The van der Waals surface area contributed by atoms with Crippen molar-refractivity contribution in [2.75, 3.05) is 44.2 Å². The van der Waals surface area contributed by atoms with Crippen LogP contribution < -0.4 is 10.2 Å². The molecule has 3 amide bonds. The maximum absolute atomic E-state index is 12.8. The average Bonchev–Trinajstić information content (AvgIpc) is 2.73. The lowest BCUT2D eigenvalue weighted by molar-refractivity contribution is -0.140. The van der Waals surface area contributed by atoms with Crippen molar-refractivity contribution in [2.24, 2.45) is 0 Å². The minimum Gasteiger partial charge on any atom is -0.341 e. The summed E-state index contributed by atoms with van der Waals surface area (Å²) in [4.78, 5) is 43.0. The van der Waals surface area contributed by atoms with E-state index in [1.165, 1.54) is 5.56 Å². The van der Waals surface area contributed by atoms with Gasteiger partial charge >= 0.3 is 0 Å². The van der Waals surface area contributed by atoms with Crippen LogP contribution in [0.1, 0.15) is 31.2 Å². The summed E-state index contributed by atoms with van der Waals surface area (Å²) in [5.74, 6) is 0.290. The number of amides is 3. The van der Waals surface area contributed by atoms with Gasteiger partial charge in [-0.25, -0.2) is 0 Å². The molecular formula is C21H28N4O3. The molecule has 150 valence electrons. The molecule has 0 spiro atoms. The van der Waals surface area contributed by atoms with E-state index in [4.69, 9.17) is 0 Å². The number of rotatable bonds is 4. The van der Waals surface area contributed by atoms with E-state index in [9.17, 15) is 14.4 Å². The second-order valence-corrected chi connectivity index (χ2v) is 7.82. The quantitative estimate of drug-likeness (QED) is 0.833. The molecule has 7 heteroatoms. The van der Waals surface area contributed by atoms with Crippen LogP contribution in [0.4, 0.5) is 5.69 Å². The summed E-state index contributed by atoms with van der Waals surface area (Å²) < 4.78 is 0. The van der Waals surface area contributed by atoms with Gasteiger partial charge in [0.2, 0.25) is 17.7 Å². The first-order chi connectivity index (χ1) is 13.6. The minimum absolute atomic E-state index is 0.0724. The second-order valence-electron chi connectivity index (χ2n) is 7.82. The summed E-state index contributed by atoms with van der Waals surface area (Å²) in [6, 6.07) is 8.06. The first-order valence-electron chi connectivity index (χ1n) is 10.3. The van der Waals surface area contributed by atoms with Crippen LogP contribution in [0.25, 0.3) is 0 Å². The summed E-state index contributed by atoms with van der Waals surface area (Å²) in [6.45, 7) is 3.68. The predicted molar refractivity (Wildman–Crippen MR) is 106 cm³/mol. The molecule has 28 heavy (non-hydrogen) atoms. The molecule has 0 radical (unpaired) electrons. The Morgan fingerprint density at radius 1 is 1.11 bits per heavy atom. The zero-order valence-electron chi connectivity index (χ0n) is 16.2. The molecule has 0 saturated carbocycles. The van der Waals surface area contributed by atoms with Crippen LogP contribution in [-0.4, -0.2) is 72.8 Å². The van der Waals surface area contributed by atoms with Gasteiger partial charge in [-0.3, -0.25) is 14.4 Å². The molecule has 7 nitrogen and oxygen atoms in total. The first-order valence-corrected chi connectivity index (χ1v) is 10.3. The molecule has 1 N–H and O–H groups in total. The summed E-state index contributed by atoms with van der Waals surface area (Å²) >= 11 is 0. The van der Waals surface area contributed by atoms with Gasteiger partial charge in [0.25, 0.3) is 0 Å². The molecule has 3 heterocycles. The highest BCUT2D eigenvalue weighted by molar-refractivity contribution is 5.97.